The van der Waals surface area contributed by atoms with Gasteiger partial charge in [0, 0.05) is 0 Å². The summed E-state index contributed by atoms with van der Waals surface area (Å²) in [6.07, 6.45) is 0. The SMILES string of the molecule is Cc1ccc(C(=O)O)c(-c2ccc(C)c(C)c2)c1. The second-order valence-corrected chi connectivity index (χ2v) is 4.65. The average Bonchev–Trinajstić information content (AvgIpc) is 2.32. The molecule has 2 rings (SSSR count). The molecule has 2 aromatic rings. The number of carboxylic acid groups (broad SMARTS) is 1. The van der Waals surface area contributed by atoms with Crippen molar-refractivity contribution < 1.29 is 9.90 Å². The Kier molecular flexibility index (Phi) is 3.19. The lowest BCUT2D eigenvalue weighted by molar-refractivity contribution is 0.0697. The number of hydrogen-bond donors (Lipinski definition) is 1. The van der Waals surface area contributed by atoms with E-state index in [-0.39, 0.29) is 0 Å². The van der Waals surface area contributed by atoms with Gasteiger partial charge in [-0.15, -0.1) is 0 Å². The molecule has 0 unspecified atom stereocenters. The largest absolute Gasteiger partial charge is 0.478 e. The molecule has 0 aliphatic carbocycles. The zero-order valence-corrected chi connectivity index (χ0v) is 10.8. The molecule has 0 fully saturated rings. The van der Waals surface area contributed by atoms with Crippen molar-refractivity contribution in [2.24, 2.45) is 0 Å². The Morgan fingerprint density at radius 2 is 1.67 bits per heavy atom. The van der Waals surface area contributed by atoms with Crippen molar-refractivity contribution >= 4 is 5.97 Å². The summed E-state index contributed by atoms with van der Waals surface area (Å²) >= 11 is 0. The summed E-state index contributed by atoms with van der Waals surface area (Å²) in [7, 11) is 0. The van der Waals surface area contributed by atoms with Gasteiger partial charge in [-0.05, 0) is 49.1 Å². The third-order valence-corrected chi connectivity index (χ3v) is 3.22. The van der Waals surface area contributed by atoms with E-state index in [1.54, 1.807) is 6.07 Å². The van der Waals surface area contributed by atoms with Crippen LogP contribution < -0.4 is 0 Å². The van der Waals surface area contributed by atoms with Crippen LogP contribution in [-0.2, 0) is 0 Å². The van der Waals surface area contributed by atoms with Crippen LogP contribution in [0.3, 0.4) is 0 Å². The molecule has 0 saturated heterocycles. The third kappa shape index (κ3) is 2.28. The van der Waals surface area contributed by atoms with Crippen molar-refractivity contribution in [3.63, 3.8) is 0 Å². The Hall–Kier alpha value is -2.09. The lowest BCUT2D eigenvalue weighted by Gasteiger charge is -2.09. The van der Waals surface area contributed by atoms with Crippen molar-refractivity contribution in [3.05, 3.63) is 58.7 Å². The van der Waals surface area contributed by atoms with E-state index >= 15 is 0 Å². The summed E-state index contributed by atoms with van der Waals surface area (Å²) in [6, 6.07) is 11.5. The van der Waals surface area contributed by atoms with Gasteiger partial charge in [0.15, 0.2) is 0 Å². The Balaban J connectivity index is 2.65. The van der Waals surface area contributed by atoms with Crippen LogP contribution in [0.1, 0.15) is 27.0 Å². The molecule has 0 heterocycles. The van der Waals surface area contributed by atoms with Crippen LogP contribution in [0.25, 0.3) is 11.1 Å². The first-order valence-electron chi connectivity index (χ1n) is 5.90. The second kappa shape index (κ2) is 4.65. The van der Waals surface area contributed by atoms with E-state index < -0.39 is 5.97 Å². The van der Waals surface area contributed by atoms with E-state index in [0.717, 1.165) is 16.7 Å². The van der Waals surface area contributed by atoms with E-state index in [2.05, 4.69) is 0 Å². The molecule has 1 N–H and O–H groups in total. The van der Waals surface area contributed by atoms with Crippen molar-refractivity contribution in [1.82, 2.24) is 0 Å². The van der Waals surface area contributed by atoms with Crippen LogP contribution in [0.4, 0.5) is 0 Å². The topological polar surface area (TPSA) is 37.3 Å². The van der Waals surface area contributed by atoms with Gasteiger partial charge in [-0.1, -0.05) is 35.9 Å². The number of carbonyl (C=O) groups is 1. The molecule has 92 valence electrons. The molecule has 0 aromatic heterocycles. The number of aryl methyl sites for hydroxylation is 3. The molecule has 0 aliphatic heterocycles. The van der Waals surface area contributed by atoms with Gasteiger partial charge in [0.1, 0.15) is 0 Å². The van der Waals surface area contributed by atoms with Crippen molar-refractivity contribution in [1.29, 1.82) is 0 Å². The summed E-state index contributed by atoms with van der Waals surface area (Å²) in [4.78, 5) is 11.3. The molecular weight excluding hydrogens is 224 g/mol. The van der Waals surface area contributed by atoms with Gasteiger partial charge in [0.25, 0.3) is 0 Å². The first-order valence-corrected chi connectivity index (χ1v) is 5.90. The number of aromatic carboxylic acids is 1. The third-order valence-electron chi connectivity index (χ3n) is 3.22. The van der Waals surface area contributed by atoms with Crippen LogP contribution in [0, 0.1) is 20.8 Å². The van der Waals surface area contributed by atoms with Gasteiger partial charge in [0.05, 0.1) is 5.56 Å². The Labute approximate surface area is 107 Å². The molecule has 0 aliphatic rings. The monoisotopic (exact) mass is 240 g/mol. The molecule has 2 heteroatoms. The lowest BCUT2D eigenvalue weighted by Crippen LogP contribution is -2.00. The molecule has 0 spiro atoms. The van der Waals surface area contributed by atoms with E-state index in [9.17, 15) is 9.90 Å². The number of benzene rings is 2. The highest BCUT2D eigenvalue weighted by Crippen LogP contribution is 2.27. The predicted molar refractivity (Wildman–Crippen MR) is 73.0 cm³/mol. The summed E-state index contributed by atoms with van der Waals surface area (Å²) in [5.74, 6) is -0.886. The first-order chi connectivity index (χ1) is 8.49. The highest BCUT2D eigenvalue weighted by Gasteiger charge is 2.12. The molecule has 0 radical (unpaired) electrons. The van der Waals surface area contributed by atoms with Crippen molar-refractivity contribution in [2.45, 2.75) is 20.8 Å². The van der Waals surface area contributed by atoms with Crippen LogP contribution in [0.5, 0.6) is 0 Å². The summed E-state index contributed by atoms with van der Waals surface area (Å²) in [5.41, 5.74) is 5.54. The summed E-state index contributed by atoms with van der Waals surface area (Å²) in [5, 5.41) is 9.24. The van der Waals surface area contributed by atoms with E-state index in [0.29, 0.717) is 5.56 Å². The smallest absolute Gasteiger partial charge is 0.336 e. The van der Waals surface area contributed by atoms with E-state index in [1.165, 1.54) is 11.1 Å². The fourth-order valence-corrected chi connectivity index (χ4v) is 1.99. The molecule has 2 aromatic carbocycles. The highest BCUT2D eigenvalue weighted by molar-refractivity contribution is 5.96. The normalized spacial score (nSPS) is 10.4. The van der Waals surface area contributed by atoms with Gasteiger partial charge in [-0.3, -0.25) is 0 Å². The first kappa shape index (κ1) is 12.4. The molecule has 2 nitrogen and oxygen atoms in total. The quantitative estimate of drug-likeness (QED) is 0.862. The number of hydrogen-bond acceptors (Lipinski definition) is 1. The molecule has 0 atom stereocenters. The van der Waals surface area contributed by atoms with Gasteiger partial charge >= 0.3 is 5.97 Å². The zero-order valence-electron chi connectivity index (χ0n) is 10.8. The lowest BCUT2D eigenvalue weighted by atomic mass is 9.95. The Morgan fingerprint density at radius 3 is 2.28 bits per heavy atom. The van der Waals surface area contributed by atoms with Gasteiger partial charge in [-0.25, -0.2) is 4.79 Å². The van der Waals surface area contributed by atoms with E-state index in [1.807, 2.05) is 51.1 Å². The molecular formula is C16H16O2. The van der Waals surface area contributed by atoms with Gasteiger partial charge < -0.3 is 5.11 Å². The van der Waals surface area contributed by atoms with Gasteiger partial charge in [0.2, 0.25) is 0 Å². The zero-order chi connectivity index (χ0) is 13.3. The maximum absolute atomic E-state index is 11.3. The standard InChI is InChI=1S/C16H16O2/c1-10-4-7-14(16(17)18)15(8-10)13-6-5-11(2)12(3)9-13/h4-9H,1-3H3,(H,17,18). The minimum atomic E-state index is -0.886. The maximum atomic E-state index is 11.3. The molecule has 0 amide bonds. The average molecular weight is 240 g/mol. The Morgan fingerprint density at radius 1 is 0.944 bits per heavy atom. The second-order valence-electron chi connectivity index (χ2n) is 4.65. The fourth-order valence-electron chi connectivity index (χ4n) is 1.99. The van der Waals surface area contributed by atoms with Crippen molar-refractivity contribution in [3.8, 4) is 11.1 Å². The minimum Gasteiger partial charge on any atom is -0.478 e. The van der Waals surface area contributed by atoms with Crippen molar-refractivity contribution in [2.75, 3.05) is 0 Å². The van der Waals surface area contributed by atoms with Crippen LogP contribution in [0.2, 0.25) is 0 Å². The predicted octanol–water partition coefficient (Wildman–Crippen LogP) is 3.98. The summed E-state index contributed by atoms with van der Waals surface area (Å²) < 4.78 is 0. The maximum Gasteiger partial charge on any atom is 0.336 e. The van der Waals surface area contributed by atoms with Crippen LogP contribution in [-0.4, -0.2) is 11.1 Å². The number of carboxylic acids is 1. The molecule has 0 saturated carbocycles. The number of rotatable bonds is 2. The Bertz CT molecular complexity index is 612. The highest BCUT2D eigenvalue weighted by atomic mass is 16.4. The summed E-state index contributed by atoms with van der Waals surface area (Å²) in [6.45, 7) is 6.05. The van der Waals surface area contributed by atoms with Crippen LogP contribution in [0.15, 0.2) is 36.4 Å². The van der Waals surface area contributed by atoms with Crippen LogP contribution >= 0.6 is 0 Å². The van der Waals surface area contributed by atoms with E-state index in [4.69, 9.17) is 0 Å². The molecule has 18 heavy (non-hydrogen) atoms. The van der Waals surface area contributed by atoms with Gasteiger partial charge in [-0.2, -0.15) is 0 Å². The fraction of sp³-hybridized carbons (Fsp3) is 0.188. The minimum absolute atomic E-state index is 0.351. The molecule has 0 bridgehead atoms.